The summed E-state index contributed by atoms with van der Waals surface area (Å²) in [5.74, 6) is 6.12. The average Bonchev–Trinajstić information content (AvgIpc) is 3.01. The van der Waals surface area contributed by atoms with Gasteiger partial charge >= 0.3 is 0 Å². The fraction of sp³-hybridized carbons (Fsp3) is 0.286. The summed E-state index contributed by atoms with van der Waals surface area (Å²) >= 11 is 1.54. The zero-order valence-corrected chi connectivity index (χ0v) is 12.1. The van der Waals surface area contributed by atoms with Crippen LogP contribution in [0.1, 0.15) is 31.6 Å². The Kier molecular flexibility index (Phi) is 4.56. The van der Waals surface area contributed by atoms with E-state index < -0.39 is 0 Å². The molecule has 2 aromatic rings. The minimum atomic E-state index is -0.177. The second kappa shape index (κ2) is 6.37. The van der Waals surface area contributed by atoms with Crippen LogP contribution in [-0.2, 0) is 6.54 Å². The van der Waals surface area contributed by atoms with Gasteiger partial charge in [-0.05, 0) is 26.0 Å². The van der Waals surface area contributed by atoms with E-state index in [0.29, 0.717) is 30.1 Å². The van der Waals surface area contributed by atoms with Gasteiger partial charge < -0.3 is 15.6 Å². The van der Waals surface area contributed by atoms with E-state index in [1.807, 2.05) is 12.1 Å². The van der Waals surface area contributed by atoms with Crippen molar-refractivity contribution in [2.75, 3.05) is 6.54 Å². The maximum atomic E-state index is 12.0. The fourth-order valence-electron chi connectivity index (χ4n) is 1.74. The normalized spacial score (nSPS) is 9.95. The molecule has 0 fully saturated rings. The van der Waals surface area contributed by atoms with Crippen LogP contribution in [0.3, 0.4) is 0 Å². The Morgan fingerprint density at radius 3 is 2.95 bits per heavy atom. The summed E-state index contributed by atoms with van der Waals surface area (Å²) in [6, 6.07) is 3.86. The topological polar surface area (TPSA) is 81.2 Å². The molecule has 2 heterocycles. The minimum Gasteiger partial charge on any atom is -0.361 e. The molecular formula is C14H15N3O2S. The summed E-state index contributed by atoms with van der Waals surface area (Å²) < 4.78 is 4.98. The molecular weight excluding hydrogens is 274 g/mol. The first-order valence-corrected chi connectivity index (χ1v) is 6.92. The molecule has 104 valence electrons. The van der Waals surface area contributed by atoms with Crippen molar-refractivity contribution in [2.45, 2.75) is 20.4 Å². The third-order valence-electron chi connectivity index (χ3n) is 2.66. The van der Waals surface area contributed by atoms with Gasteiger partial charge in [0.05, 0.1) is 23.7 Å². The van der Waals surface area contributed by atoms with E-state index >= 15 is 0 Å². The first-order chi connectivity index (χ1) is 9.61. The van der Waals surface area contributed by atoms with Crippen LogP contribution in [0.25, 0.3) is 0 Å². The van der Waals surface area contributed by atoms with Gasteiger partial charge in [0.2, 0.25) is 0 Å². The van der Waals surface area contributed by atoms with Gasteiger partial charge in [-0.2, -0.15) is 0 Å². The van der Waals surface area contributed by atoms with Crippen molar-refractivity contribution in [1.29, 1.82) is 0 Å². The van der Waals surface area contributed by atoms with Crippen LogP contribution < -0.4 is 11.1 Å². The van der Waals surface area contributed by atoms with Crippen molar-refractivity contribution in [3.05, 3.63) is 38.9 Å². The number of carbonyl (C=O) groups excluding carboxylic acids is 1. The summed E-state index contributed by atoms with van der Waals surface area (Å²) in [6.45, 7) is 4.27. The number of hydrogen-bond acceptors (Lipinski definition) is 5. The van der Waals surface area contributed by atoms with Gasteiger partial charge in [-0.25, -0.2) is 0 Å². The van der Waals surface area contributed by atoms with E-state index in [9.17, 15) is 4.79 Å². The van der Waals surface area contributed by atoms with Crippen LogP contribution in [0.2, 0.25) is 0 Å². The van der Waals surface area contributed by atoms with Crippen LogP contribution in [-0.4, -0.2) is 17.6 Å². The van der Waals surface area contributed by atoms with Crippen molar-refractivity contribution in [1.82, 2.24) is 10.5 Å². The number of hydrogen-bond donors (Lipinski definition) is 2. The van der Waals surface area contributed by atoms with Crippen LogP contribution in [0.15, 0.2) is 16.7 Å². The first kappa shape index (κ1) is 14.3. The second-order valence-electron chi connectivity index (χ2n) is 4.15. The van der Waals surface area contributed by atoms with E-state index in [0.717, 1.165) is 9.75 Å². The average molecular weight is 289 g/mol. The summed E-state index contributed by atoms with van der Waals surface area (Å²) in [6.07, 6.45) is 0. The molecule has 0 aliphatic rings. The number of amides is 1. The van der Waals surface area contributed by atoms with Crippen LogP contribution in [0.4, 0.5) is 0 Å². The number of nitrogens with one attached hydrogen (secondary N) is 1. The van der Waals surface area contributed by atoms with Gasteiger partial charge in [0, 0.05) is 4.88 Å². The van der Waals surface area contributed by atoms with Gasteiger partial charge in [-0.15, -0.1) is 11.3 Å². The van der Waals surface area contributed by atoms with E-state index in [2.05, 4.69) is 22.3 Å². The zero-order valence-electron chi connectivity index (χ0n) is 11.3. The number of nitrogens with zero attached hydrogens (tertiary/aromatic N) is 1. The highest BCUT2D eigenvalue weighted by molar-refractivity contribution is 7.12. The Morgan fingerprint density at radius 1 is 1.50 bits per heavy atom. The van der Waals surface area contributed by atoms with Gasteiger partial charge in [-0.1, -0.05) is 17.0 Å². The molecule has 1 amide bonds. The van der Waals surface area contributed by atoms with Gasteiger partial charge in [-0.3, -0.25) is 4.79 Å². The highest BCUT2D eigenvalue weighted by atomic mass is 32.1. The smallest absolute Gasteiger partial charge is 0.257 e. The Balaban J connectivity index is 1.99. The Labute approximate surface area is 121 Å². The van der Waals surface area contributed by atoms with E-state index in [1.165, 1.54) is 11.3 Å². The molecule has 0 atom stereocenters. The molecule has 0 spiro atoms. The molecule has 3 N–H and O–H groups in total. The number of aromatic nitrogens is 1. The third kappa shape index (κ3) is 3.26. The standard InChI is InChI=1S/C14H15N3O2S/c1-9-13(10(2)19-17-9)14(18)16-8-12-6-5-11(20-12)4-3-7-15/h5-6H,7-8,15H2,1-2H3,(H,16,18). The molecule has 6 heteroatoms. The lowest BCUT2D eigenvalue weighted by molar-refractivity contribution is 0.0949. The predicted octanol–water partition coefficient (Wildman–Crippen LogP) is 1.59. The van der Waals surface area contributed by atoms with Crippen molar-refractivity contribution in [2.24, 2.45) is 5.73 Å². The number of aryl methyl sites for hydroxylation is 2. The van der Waals surface area contributed by atoms with E-state index in [-0.39, 0.29) is 5.91 Å². The first-order valence-electron chi connectivity index (χ1n) is 6.10. The molecule has 2 aromatic heterocycles. The molecule has 20 heavy (non-hydrogen) atoms. The number of nitrogens with two attached hydrogens (primary N) is 1. The van der Waals surface area contributed by atoms with Crippen LogP contribution in [0.5, 0.6) is 0 Å². The summed E-state index contributed by atoms with van der Waals surface area (Å²) in [4.78, 5) is 14.0. The Hall–Kier alpha value is -2.10. The highest BCUT2D eigenvalue weighted by Crippen LogP contribution is 2.16. The zero-order chi connectivity index (χ0) is 14.5. The maximum absolute atomic E-state index is 12.0. The lowest BCUT2D eigenvalue weighted by atomic mass is 10.2. The molecule has 2 rings (SSSR count). The molecule has 0 radical (unpaired) electrons. The van der Waals surface area contributed by atoms with Crippen molar-refractivity contribution in [3.63, 3.8) is 0 Å². The van der Waals surface area contributed by atoms with Gasteiger partial charge in [0.1, 0.15) is 11.3 Å². The second-order valence-corrected chi connectivity index (χ2v) is 5.32. The maximum Gasteiger partial charge on any atom is 0.257 e. The highest BCUT2D eigenvalue weighted by Gasteiger charge is 2.17. The predicted molar refractivity (Wildman–Crippen MR) is 77.4 cm³/mol. The molecule has 0 saturated heterocycles. The lowest BCUT2D eigenvalue weighted by Crippen LogP contribution is -2.23. The lowest BCUT2D eigenvalue weighted by Gasteiger charge is -2.02. The minimum absolute atomic E-state index is 0.177. The molecule has 0 aliphatic carbocycles. The van der Waals surface area contributed by atoms with Crippen LogP contribution in [0, 0.1) is 25.7 Å². The van der Waals surface area contributed by atoms with Crippen molar-refractivity contribution >= 4 is 17.2 Å². The number of rotatable bonds is 3. The Morgan fingerprint density at radius 2 is 2.30 bits per heavy atom. The molecule has 0 saturated carbocycles. The van der Waals surface area contributed by atoms with Gasteiger partial charge in [0.15, 0.2) is 0 Å². The van der Waals surface area contributed by atoms with Gasteiger partial charge in [0.25, 0.3) is 5.91 Å². The van der Waals surface area contributed by atoms with E-state index in [1.54, 1.807) is 13.8 Å². The summed E-state index contributed by atoms with van der Waals surface area (Å²) in [5, 5.41) is 6.62. The van der Waals surface area contributed by atoms with Crippen LogP contribution >= 0.6 is 11.3 Å². The van der Waals surface area contributed by atoms with Crippen molar-refractivity contribution in [3.8, 4) is 11.8 Å². The third-order valence-corrected chi connectivity index (χ3v) is 3.66. The quantitative estimate of drug-likeness (QED) is 0.841. The molecule has 0 unspecified atom stereocenters. The largest absolute Gasteiger partial charge is 0.361 e. The summed E-state index contributed by atoms with van der Waals surface area (Å²) in [5.41, 5.74) is 6.43. The number of carbonyl (C=O) groups is 1. The Bertz CT molecular complexity index is 657. The van der Waals surface area contributed by atoms with Crippen molar-refractivity contribution < 1.29 is 9.32 Å². The molecule has 0 bridgehead atoms. The molecule has 0 aromatic carbocycles. The summed E-state index contributed by atoms with van der Waals surface area (Å²) in [7, 11) is 0. The number of thiophene rings is 1. The fourth-order valence-corrected chi connectivity index (χ4v) is 2.56. The SMILES string of the molecule is Cc1noc(C)c1C(=O)NCc1ccc(C#CCN)s1. The van der Waals surface area contributed by atoms with E-state index in [4.69, 9.17) is 10.3 Å². The molecule has 5 nitrogen and oxygen atoms in total. The molecule has 0 aliphatic heterocycles. The monoisotopic (exact) mass is 289 g/mol.